The predicted octanol–water partition coefficient (Wildman–Crippen LogP) is 2.22. The number of carbonyl (C=O) groups excluding carboxylic acids is 3. The number of ether oxygens (including phenoxy) is 4. The molecule has 146 valence electrons. The molecule has 0 aromatic heterocycles. The molecule has 0 radical (unpaired) electrons. The lowest BCUT2D eigenvalue weighted by molar-refractivity contribution is -0.144. The zero-order valence-electron chi connectivity index (χ0n) is 15.2. The number of carbonyl (C=O) groups is 3. The number of rotatable bonds is 8. The fraction of sp³-hybridized carbons (Fsp3) is 0.250. The molecule has 0 saturated heterocycles. The number of esters is 1. The Labute approximate surface area is 161 Å². The van der Waals surface area contributed by atoms with Crippen molar-refractivity contribution in [3.63, 3.8) is 0 Å². The third-order valence-corrected chi connectivity index (χ3v) is 3.79. The Morgan fingerprint density at radius 2 is 1.82 bits per heavy atom. The molecule has 2 aromatic rings. The van der Waals surface area contributed by atoms with Crippen LogP contribution < -0.4 is 19.5 Å². The van der Waals surface area contributed by atoms with Gasteiger partial charge in [0.15, 0.2) is 37.1 Å². The Hall–Kier alpha value is -3.55. The normalized spacial score (nSPS) is 12.2. The van der Waals surface area contributed by atoms with E-state index in [0.717, 1.165) is 0 Å². The Morgan fingerprint density at radius 1 is 1.07 bits per heavy atom. The van der Waals surface area contributed by atoms with E-state index in [0.29, 0.717) is 35.1 Å². The van der Waals surface area contributed by atoms with Gasteiger partial charge in [-0.2, -0.15) is 0 Å². The van der Waals surface area contributed by atoms with Gasteiger partial charge in [0, 0.05) is 5.56 Å². The Bertz CT molecular complexity index is 894. The summed E-state index contributed by atoms with van der Waals surface area (Å²) in [4.78, 5) is 35.5. The third-order valence-electron chi connectivity index (χ3n) is 3.79. The lowest BCUT2D eigenvalue weighted by Crippen LogP contribution is -2.25. The van der Waals surface area contributed by atoms with Gasteiger partial charge in [0.25, 0.3) is 5.91 Å². The summed E-state index contributed by atoms with van der Waals surface area (Å²) in [7, 11) is 0. The molecule has 0 fully saturated rings. The van der Waals surface area contributed by atoms with Gasteiger partial charge < -0.3 is 24.3 Å². The summed E-state index contributed by atoms with van der Waals surface area (Å²) in [5, 5.41) is 2.62. The van der Waals surface area contributed by atoms with Crippen molar-refractivity contribution in [1.82, 2.24) is 0 Å². The molecule has 1 aliphatic heterocycles. The number of para-hydroxylation sites is 2. The van der Waals surface area contributed by atoms with Crippen LogP contribution >= 0.6 is 0 Å². The molecule has 1 N–H and O–H groups in total. The summed E-state index contributed by atoms with van der Waals surface area (Å²) in [5.74, 6) is 0.0210. The molecular formula is C20H19NO7. The maximum Gasteiger partial charge on any atom is 0.344 e. The average Bonchev–Trinajstić information content (AvgIpc) is 2.71. The quantitative estimate of drug-likeness (QED) is 0.549. The number of fused-ring (bicyclic) bond motifs is 1. The number of ketones is 1. The standard InChI is InChI=1S/C20H19NO7/c1-2-25-17-5-3-4-6-18(17)27-12-20(24)28-10-15(22)13-7-8-16-14(9-13)21-19(23)11-26-16/h3-9H,2,10-12H2,1H3,(H,21,23). The van der Waals surface area contributed by atoms with Gasteiger partial charge in [0.05, 0.1) is 12.3 Å². The van der Waals surface area contributed by atoms with Crippen molar-refractivity contribution in [2.45, 2.75) is 6.92 Å². The molecule has 28 heavy (non-hydrogen) atoms. The molecular weight excluding hydrogens is 366 g/mol. The number of Topliss-reactive ketones (excluding diaryl/α,β-unsaturated/α-hetero) is 1. The van der Waals surface area contributed by atoms with E-state index in [1.54, 1.807) is 36.4 Å². The van der Waals surface area contributed by atoms with Gasteiger partial charge in [-0.05, 0) is 37.3 Å². The number of benzene rings is 2. The first-order chi connectivity index (χ1) is 13.6. The van der Waals surface area contributed by atoms with Crippen LogP contribution in [0.1, 0.15) is 17.3 Å². The van der Waals surface area contributed by atoms with Crippen LogP contribution in [0.5, 0.6) is 17.2 Å². The minimum atomic E-state index is -0.686. The summed E-state index contributed by atoms with van der Waals surface area (Å²) in [6, 6.07) is 11.6. The minimum absolute atomic E-state index is 0.0651. The van der Waals surface area contributed by atoms with Crippen molar-refractivity contribution < 1.29 is 33.3 Å². The van der Waals surface area contributed by atoms with Crippen LogP contribution in [0.3, 0.4) is 0 Å². The molecule has 2 aromatic carbocycles. The molecule has 0 atom stereocenters. The molecule has 0 unspecified atom stereocenters. The average molecular weight is 385 g/mol. The van der Waals surface area contributed by atoms with Crippen molar-refractivity contribution in [2.75, 3.05) is 31.7 Å². The fourth-order valence-corrected chi connectivity index (χ4v) is 2.51. The van der Waals surface area contributed by atoms with Gasteiger partial charge in [-0.1, -0.05) is 12.1 Å². The van der Waals surface area contributed by atoms with Crippen molar-refractivity contribution >= 4 is 23.3 Å². The van der Waals surface area contributed by atoms with Crippen LogP contribution in [0.15, 0.2) is 42.5 Å². The Kier molecular flexibility index (Phi) is 6.11. The molecule has 8 heteroatoms. The highest BCUT2D eigenvalue weighted by atomic mass is 16.6. The van der Waals surface area contributed by atoms with E-state index in [4.69, 9.17) is 18.9 Å². The summed E-state index contributed by atoms with van der Waals surface area (Å²) in [6.07, 6.45) is 0. The molecule has 0 bridgehead atoms. The van der Waals surface area contributed by atoms with Crippen LogP contribution in [0.25, 0.3) is 0 Å². The fourth-order valence-electron chi connectivity index (χ4n) is 2.51. The van der Waals surface area contributed by atoms with Crippen molar-refractivity contribution in [3.05, 3.63) is 48.0 Å². The molecule has 0 aliphatic carbocycles. The second kappa shape index (κ2) is 8.90. The van der Waals surface area contributed by atoms with Gasteiger partial charge >= 0.3 is 5.97 Å². The first kappa shape index (κ1) is 19.2. The van der Waals surface area contributed by atoms with E-state index < -0.39 is 18.4 Å². The molecule has 1 heterocycles. The summed E-state index contributed by atoms with van der Waals surface area (Å²) >= 11 is 0. The van der Waals surface area contributed by atoms with E-state index in [9.17, 15) is 14.4 Å². The van der Waals surface area contributed by atoms with E-state index in [1.807, 2.05) is 6.92 Å². The Balaban J connectivity index is 1.51. The highest BCUT2D eigenvalue weighted by Gasteiger charge is 2.18. The lowest BCUT2D eigenvalue weighted by Gasteiger charge is -2.18. The number of amides is 1. The van der Waals surface area contributed by atoms with Gasteiger partial charge in [0.2, 0.25) is 0 Å². The first-order valence-corrected chi connectivity index (χ1v) is 8.67. The number of hydrogen-bond acceptors (Lipinski definition) is 7. The monoisotopic (exact) mass is 385 g/mol. The molecule has 0 spiro atoms. The van der Waals surface area contributed by atoms with Crippen LogP contribution in [0.4, 0.5) is 5.69 Å². The van der Waals surface area contributed by atoms with E-state index >= 15 is 0 Å². The molecule has 1 aliphatic rings. The third kappa shape index (κ3) is 4.79. The molecule has 0 saturated carbocycles. The zero-order valence-corrected chi connectivity index (χ0v) is 15.2. The van der Waals surface area contributed by atoms with Crippen LogP contribution in [-0.4, -0.2) is 44.1 Å². The topological polar surface area (TPSA) is 100 Å². The summed E-state index contributed by atoms with van der Waals surface area (Å²) < 4.78 is 21.0. The first-order valence-electron chi connectivity index (χ1n) is 8.67. The van der Waals surface area contributed by atoms with Gasteiger partial charge in [0.1, 0.15) is 5.75 Å². The SMILES string of the molecule is CCOc1ccccc1OCC(=O)OCC(=O)c1ccc2c(c1)NC(=O)CO2. The second-order valence-corrected chi connectivity index (χ2v) is 5.80. The van der Waals surface area contributed by atoms with E-state index in [-0.39, 0.29) is 19.1 Å². The highest BCUT2D eigenvalue weighted by molar-refractivity contribution is 6.01. The van der Waals surface area contributed by atoms with E-state index in [2.05, 4.69) is 5.32 Å². The number of nitrogens with one attached hydrogen (secondary N) is 1. The largest absolute Gasteiger partial charge is 0.490 e. The highest BCUT2D eigenvalue weighted by Crippen LogP contribution is 2.29. The van der Waals surface area contributed by atoms with Crippen molar-refractivity contribution in [3.8, 4) is 17.2 Å². The van der Waals surface area contributed by atoms with Crippen molar-refractivity contribution in [1.29, 1.82) is 0 Å². The second-order valence-electron chi connectivity index (χ2n) is 5.80. The predicted molar refractivity (Wildman–Crippen MR) is 99.0 cm³/mol. The maximum atomic E-state index is 12.2. The van der Waals surface area contributed by atoms with Crippen LogP contribution in [0, 0.1) is 0 Å². The van der Waals surface area contributed by atoms with Gasteiger partial charge in [-0.15, -0.1) is 0 Å². The maximum absolute atomic E-state index is 12.2. The minimum Gasteiger partial charge on any atom is -0.490 e. The number of hydrogen-bond donors (Lipinski definition) is 1. The Morgan fingerprint density at radius 3 is 2.57 bits per heavy atom. The number of anilines is 1. The summed E-state index contributed by atoms with van der Waals surface area (Å²) in [5.41, 5.74) is 0.698. The van der Waals surface area contributed by atoms with Gasteiger partial charge in [-0.25, -0.2) is 4.79 Å². The molecule has 3 rings (SSSR count). The smallest absolute Gasteiger partial charge is 0.344 e. The lowest BCUT2D eigenvalue weighted by atomic mass is 10.1. The van der Waals surface area contributed by atoms with Crippen molar-refractivity contribution in [2.24, 2.45) is 0 Å². The van der Waals surface area contributed by atoms with Gasteiger partial charge in [-0.3, -0.25) is 9.59 Å². The van der Waals surface area contributed by atoms with E-state index in [1.165, 1.54) is 6.07 Å². The molecule has 8 nitrogen and oxygen atoms in total. The van der Waals surface area contributed by atoms with Crippen LogP contribution in [-0.2, 0) is 14.3 Å². The summed E-state index contributed by atoms with van der Waals surface area (Å²) in [6.45, 7) is 1.44. The molecule has 1 amide bonds. The van der Waals surface area contributed by atoms with Crippen LogP contribution in [0.2, 0.25) is 0 Å². The zero-order chi connectivity index (χ0) is 19.9.